The Morgan fingerprint density at radius 2 is 1.85 bits per heavy atom. The molecule has 40 heavy (non-hydrogen) atoms. The Morgan fingerprint density at radius 3 is 2.50 bits per heavy atom. The Hall–Kier alpha value is -3.68. The molecule has 214 valence electrons. The fourth-order valence-electron chi connectivity index (χ4n) is 3.74. The highest BCUT2D eigenvalue weighted by atomic mass is 31.2. The number of nitrogens with one attached hydrogen (secondary N) is 1. The molecule has 1 aromatic heterocycles. The van der Waals surface area contributed by atoms with E-state index in [1.165, 1.54) is 19.1 Å². The SMILES string of the molecule is C[C@@H](N[P@](=O)(OC[C@@H]1O[C@H](n2ccc(N)nc2=O)C(F)(F)[C@H]1O)Oc1ccccc1)C(=O)OCc1ccccc1. The van der Waals surface area contributed by atoms with E-state index in [2.05, 4.69) is 10.1 Å². The molecule has 12 nitrogen and oxygen atoms in total. The van der Waals surface area contributed by atoms with Crippen LogP contribution in [0.2, 0.25) is 0 Å². The lowest BCUT2D eigenvalue weighted by molar-refractivity contribution is -0.146. The standard InChI is InChI=1S/C25H27F2N4O8P/c1-16(22(33)36-14-17-8-4-2-5-9-17)30-40(35,39-18-10-6-3-7-11-18)37-15-19-21(32)25(26,27)23(38-19)31-13-12-20(28)29-24(31)34/h2-13,16,19,21,23,32H,14-15H2,1H3,(H,30,35)(H2,28,29,34)/t16-,19+,21+,23+,40+/m1/s1. The predicted molar refractivity (Wildman–Crippen MR) is 137 cm³/mol. The number of hydrogen-bond donors (Lipinski definition) is 3. The van der Waals surface area contributed by atoms with E-state index in [9.17, 15) is 28.0 Å². The third kappa shape index (κ3) is 6.90. The smallest absolute Gasteiger partial charge is 0.459 e. The number of nitrogens with two attached hydrogens (primary N) is 1. The zero-order valence-electron chi connectivity index (χ0n) is 21.1. The summed E-state index contributed by atoms with van der Waals surface area (Å²) in [5.41, 5.74) is 5.01. The van der Waals surface area contributed by atoms with Gasteiger partial charge in [0.05, 0.1) is 6.61 Å². The number of aliphatic hydroxyl groups is 1. The predicted octanol–water partition coefficient (Wildman–Crippen LogP) is 2.64. The molecule has 0 aliphatic carbocycles. The van der Waals surface area contributed by atoms with E-state index < -0.39 is 56.4 Å². The summed E-state index contributed by atoms with van der Waals surface area (Å²) in [5.74, 6) is -4.85. The third-order valence-corrected chi connectivity index (χ3v) is 7.43. The number of ether oxygens (including phenoxy) is 2. The van der Waals surface area contributed by atoms with Crippen molar-refractivity contribution < 1.29 is 41.8 Å². The van der Waals surface area contributed by atoms with Crippen LogP contribution in [-0.2, 0) is 30.0 Å². The molecule has 0 saturated carbocycles. The quantitative estimate of drug-likeness (QED) is 0.226. The van der Waals surface area contributed by atoms with Crippen molar-refractivity contribution in [1.29, 1.82) is 0 Å². The molecule has 0 bridgehead atoms. The molecule has 1 fully saturated rings. The first-order valence-corrected chi connectivity index (χ1v) is 13.6. The van der Waals surface area contributed by atoms with Gasteiger partial charge >= 0.3 is 25.3 Å². The molecular formula is C25H27F2N4O8P. The van der Waals surface area contributed by atoms with Gasteiger partial charge in [0.2, 0.25) is 6.23 Å². The topological polar surface area (TPSA) is 164 Å². The number of carbonyl (C=O) groups excluding carboxylic acids is 1. The molecule has 0 radical (unpaired) electrons. The summed E-state index contributed by atoms with van der Waals surface area (Å²) >= 11 is 0. The first-order chi connectivity index (χ1) is 19.0. The van der Waals surface area contributed by atoms with Crippen LogP contribution < -0.4 is 21.0 Å². The second-order valence-electron chi connectivity index (χ2n) is 8.83. The fraction of sp³-hybridized carbons (Fsp3) is 0.320. The van der Waals surface area contributed by atoms with Crippen molar-refractivity contribution >= 4 is 19.5 Å². The lowest BCUT2D eigenvalue weighted by atomic mass is 10.1. The number of alkyl halides is 2. The minimum Gasteiger partial charge on any atom is -0.460 e. The third-order valence-electron chi connectivity index (χ3n) is 5.79. The molecule has 4 N–H and O–H groups in total. The van der Waals surface area contributed by atoms with E-state index in [0.717, 1.165) is 17.8 Å². The van der Waals surface area contributed by atoms with Crippen LogP contribution in [0.15, 0.2) is 77.7 Å². The molecule has 5 atom stereocenters. The summed E-state index contributed by atoms with van der Waals surface area (Å²) in [6.07, 6.45) is -5.50. The number of anilines is 1. The van der Waals surface area contributed by atoms with E-state index in [1.807, 2.05) is 0 Å². The number of esters is 1. The van der Waals surface area contributed by atoms with Gasteiger partial charge in [0.1, 0.15) is 30.3 Å². The van der Waals surface area contributed by atoms with Crippen LogP contribution in [0.3, 0.4) is 0 Å². The molecule has 2 aromatic carbocycles. The van der Waals surface area contributed by atoms with Gasteiger partial charge in [-0.15, -0.1) is 0 Å². The zero-order valence-corrected chi connectivity index (χ0v) is 22.0. The number of aliphatic hydroxyl groups excluding tert-OH is 1. The minimum absolute atomic E-state index is 0.0473. The summed E-state index contributed by atoms with van der Waals surface area (Å²) in [5, 5.41) is 12.7. The number of nitrogens with zero attached hydrogens (tertiary/aromatic N) is 2. The number of nitrogen functional groups attached to an aromatic ring is 1. The summed E-state index contributed by atoms with van der Waals surface area (Å²) in [4.78, 5) is 28.1. The molecule has 1 saturated heterocycles. The molecule has 4 rings (SSSR count). The van der Waals surface area contributed by atoms with E-state index >= 15 is 0 Å². The largest absolute Gasteiger partial charge is 0.460 e. The lowest BCUT2D eigenvalue weighted by Gasteiger charge is -2.24. The Bertz CT molecular complexity index is 1410. The Labute approximate surface area is 227 Å². The van der Waals surface area contributed by atoms with Crippen molar-refractivity contribution in [2.45, 2.75) is 43.9 Å². The Morgan fingerprint density at radius 1 is 1.20 bits per heavy atom. The average Bonchev–Trinajstić information content (AvgIpc) is 3.15. The maximum Gasteiger partial charge on any atom is 0.459 e. The highest BCUT2D eigenvalue weighted by molar-refractivity contribution is 7.52. The molecule has 0 amide bonds. The zero-order chi connectivity index (χ0) is 28.9. The summed E-state index contributed by atoms with van der Waals surface area (Å²) in [7, 11) is -4.46. The van der Waals surface area contributed by atoms with Gasteiger partial charge in [-0.1, -0.05) is 48.5 Å². The first kappa shape index (κ1) is 29.3. The number of aromatic nitrogens is 2. The van der Waals surface area contributed by atoms with Crippen molar-refractivity contribution in [3.8, 4) is 5.75 Å². The number of carbonyl (C=O) groups is 1. The fourth-order valence-corrected chi connectivity index (χ4v) is 5.24. The summed E-state index contributed by atoms with van der Waals surface area (Å²) in [6, 6.07) is 16.5. The normalized spacial score (nSPS) is 22.2. The lowest BCUT2D eigenvalue weighted by Crippen LogP contribution is -2.42. The van der Waals surface area contributed by atoms with Crippen molar-refractivity contribution in [3.63, 3.8) is 0 Å². The van der Waals surface area contributed by atoms with Crippen LogP contribution in [-0.4, -0.2) is 51.4 Å². The molecular weight excluding hydrogens is 553 g/mol. The summed E-state index contributed by atoms with van der Waals surface area (Å²) in [6.45, 7) is 0.435. The minimum atomic E-state index is -4.46. The van der Waals surface area contributed by atoms with E-state index in [-0.39, 0.29) is 18.2 Å². The van der Waals surface area contributed by atoms with Gasteiger partial charge in [-0.2, -0.15) is 18.9 Å². The number of para-hydroxylation sites is 1. The molecule has 1 aliphatic rings. The molecule has 1 aliphatic heterocycles. The summed E-state index contributed by atoms with van der Waals surface area (Å²) < 4.78 is 65.3. The molecule has 3 aromatic rings. The molecule has 15 heteroatoms. The first-order valence-electron chi connectivity index (χ1n) is 12.0. The second-order valence-corrected chi connectivity index (χ2v) is 10.5. The maximum absolute atomic E-state index is 14.9. The van der Waals surface area contributed by atoms with Gasteiger partial charge in [0, 0.05) is 6.20 Å². The van der Waals surface area contributed by atoms with Crippen LogP contribution in [0, 0.1) is 0 Å². The van der Waals surface area contributed by atoms with Crippen molar-refractivity contribution in [2.24, 2.45) is 0 Å². The van der Waals surface area contributed by atoms with E-state index in [4.69, 9.17) is 24.3 Å². The number of rotatable bonds is 11. The average molecular weight is 580 g/mol. The number of hydrogen-bond acceptors (Lipinski definition) is 10. The Balaban J connectivity index is 1.47. The van der Waals surface area contributed by atoms with Crippen LogP contribution in [0.4, 0.5) is 14.6 Å². The van der Waals surface area contributed by atoms with Gasteiger partial charge in [0.15, 0.2) is 6.10 Å². The van der Waals surface area contributed by atoms with Gasteiger partial charge in [-0.05, 0) is 30.7 Å². The second kappa shape index (κ2) is 12.2. The van der Waals surface area contributed by atoms with Crippen LogP contribution in [0.5, 0.6) is 5.75 Å². The monoisotopic (exact) mass is 580 g/mol. The van der Waals surface area contributed by atoms with Gasteiger partial charge in [0.25, 0.3) is 0 Å². The van der Waals surface area contributed by atoms with E-state index in [1.54, 1.807) is 48.5 Å². The number of benzene rings is 2. The van der Waals surface area contributed by atoms with E-state index in [0.29, 0.717) is 4.57 Å². The highest BCUT2D eigenvalue weighted by Crippen LogP contribution is 2.48. The van der Waals surface area contributed by atoms with Crippen molar-refractivity contribution in [3.05, 3.63) is 89.0 Å². The molecule has 2 heterocycles. The Kier molecular flexibility index (Phi) is 8.96. The van der Waals surface area contributed by atoms with Gasteiger partial charge in [-0.25, -0.2) is 9.36 Å². The van der Waals surface area contributed by atoms with Crippen LogP contribution >= 0.6 is 7.75 Å². The van der Waals surface area contributed by atoms with Crippen LogP contribution in [0.25, 0.3) is 0 Å². The van der Waals surface area contributed by atoms with Gasteiger partial charge < -0.3 is 24.8 Å². The number of halogens is 2. The highest BCUT2D eigenvalue weighted by Gasteiger charge is 2.60. The van der Waals surface area contributed by atoms with Crippen molar-refractivity contribution in [2.75, 3.05) is 12.3 Å². The van der Waals surface area contributed by atoms with Gasteiger partial charge in [-0.3, -0.25) is 13.9 Å². The van der Waals surface area contributed by atoms with Crippen LogP contribution in [0.1, 0.15) is 18.7 Å². The maximum atomic E-state index is 14.9. The van der Waals surface area contributed by atoms with Crippen molar-refractivity contribution in [1.82, 2.24) is 14.6 Å². The molecule has 0 unspecified atom stereocenters. The molecule has 0 spiro atoms.